The van der Waals surface area contributed by atoms with E-state index in [1.165, 1.54) is 0 Å². The van der Waals surface area contributed by atoms with E-state index in [9.17, 15) is 18.0 Å². The van der Waals surface area contributed by atoms with E-state index in [0.29, 0.717) is 17.9 Å². The van der Waals surface area contributed by atoms with Gasteiger partial charge in [0.15, 0.2) is 0 Å². The SMILES string of the molecule is CCn1c(=O)sc2cc(NC(=O)[C@H](C)N(c3cc(C)ccc3C)S(C)(=O)=O)ccc21. The largest absolute Gasteiger partial charge is 0.324 e. The highest BCUT2D eigenvalue weighted by Gasteiger charge is 2.30. The molecule has 7 nitrogen and oxygen atoms in total. The minimum atomic E-state index is -3.70. The van der Waals surface area contributed by atoms with E-state index < -0.39 is 22.0 Å². The van der Waals surface area contributed by atoms with Gasteiger partial charge in [0.2, 0.25) is 15.9 Å². The molecule has 0 aliphatic rings. The Morgan fingerprint density at radius 2 is 1.90 bits per heavy atom. The van der Waals surface area contributed by atoms with Gasteiger partial charge in [-0.1, -0.05) is 23.5 Å². The Balaban J connectivity index is 1.93. The fourth-order valence-electron chi connectivity index (χ4n) is 3.43. The molecule has 0 spiro atoms. The molecule has 0 saturated heterocycles. The zero-order chi connectivity index (χ0) is 22.2. The Kier molecular flexibility index (Phi) is 6.05. The number of nitrogens with one attached hydrogen (secondary N) is 1. The van der Waals surface area contributed by atoms with Crippen LogP contribution in [0.15, 0.2) is 41.2 Å². The number of aryl methyl sites for hydroxylation is 3. The molecule has 9 heteroatoms. The van der Waals surface area contributed by atoms with Crippen molar-refractivity contribution in [2.45, 2.75) is 40.3 Å². The smallest absolute Gasteiger partial charge is 0.308 e. The number of thiazole rings is 1. The zero-order valence-electron chi connectivity index (χ0n) is 17.6. The number of rotatable bonds is 6. The Bertz CT molecular complexity index is 1280. The molecule has 2 aromatic carbocycles. The van der Waals surface area contributed by atoms with Crippen LogP contribution in [-0.2, 0) is 21.4 Å². The van der Waals surface area contributed by atoms with Gasteiger partial charge in [-0.05, 0) is 63.1 Å². The number of benzene rings is 2. The fraction of sp³-hybridized carbons (Fsp3) is 0.333. The van der Waals surface area contributed by atoms with Crippen molar-refractivity contribution < 1.29 is 13.2 Å². The summed E-state index contributed by atoms with van der Waals surface area (Å²) in [5, 5.41) is 2.79. The lowest BCUT2D eigenvalue weighted by atomic mass is 10.1. The van der Waals surface area contributed by atoms with E-state index in [4.69, 9.17) is 0 Å². The maximum absolute atomic E-state index is 13.0. The van der Waals surface area contributed by atoms with Gasteiger partial charge in [-0.3, -0.25) is 18.5 Å². The van der Waals surface area contributed by atoms with Crippen molar-refractivity contribution in [3.63, 3.8) is 0 Å². The van der Waals surface area contributed by atoms with Gasteiger partial charge in [-0.25, -0.2) is 8.42 Å². The molecule has 1 heterocycles. The molecule has 0 unspecified atom stereocenters. The second-order valence-electron chi connectivity index (χ2n) is 7.31. The molecule has 0 aliphatic carbocycles. The first kappa shape index (κ1) is 22.0. The number of carbonyl (C=O) groups is 1. The minimum Gasteiger partial charge on any atom is -0.324 e. The van der Waals surface area contributed by atoms with Gasteiger partial charge in [0.25, 0.3) is 0 Å². The molecule has 3 aromatic rings. The number of carbonyl (C=O) groups excluding carboxylic acids is 1. The van der Waals surface area contributed by atoms with Gasteiger partial charge in [0.05, 0.1) is 22.2 Å². The van der Waals surface area contributed by atoms with Crippen LogP contribution >= 0.6 is 11.3 Å². The standard InChI is InChI=1S/C21H25N3O4S2/c1-6-23-17-10-9-16(12-19(17)29-21(23)26)22-20(25)15(4)24(30(5,27)28)18-11-13(2)7-8-14(18)3/h7-12,15H,6H2,1-5H3,(H,22,25)/t15-/m0/s1. The lowest BCUT2D eigenvalue weighted by Gasteiger charge is -2.29. The number of nitrogens with zero attached hydrogens (tertiary/aromatic N) is 2. The van der Waals surface area contributed by atoms with Gasteiger partial charge in [-0.15, -0.1) is 0 Å². The molecule has 0 radical (unpaired) electrons. The van der Waals surface area contributed by atoms with Crippen LogP contribution in [0, 0.1) is 13.8 Å². The zero-order valence-corrected chi connectivity index (χ0v) is 19.2. The van der Waals surface area contributed by atoms with Gasteiger partial charge in [0.1, 0.15) is 6.04 Å². The van der Waals surface area contributed by atoms with Crippen molar-refractivity contribution in [3.8, 4) is 0 Å². The van der Waals surface area contributed by atoms with Gasteiger partial charge >= 0.3 is 4.87 Å². The molecule has 0 fully saturated rings. The highest BCUT2D eigenvalue weighted by molar-refractivity contribution is 7.92. The lowest BCUT2D eigenvalue weighted by molar-refractivity contribution is -0.116. The minimum absolute atomic E-state index is 0.0532. The third kappa shape index (κ3) is 4.27. The average molecular weight is 448 g/mol. The average Bonchev–Trinajstić information content (AvgIpc) is 2.97. The molecule has 0 bridgehead atoms. The van der Waals surface area contributed by atoms with Crippen molar-refractivity contribution in [2.75, 3.05) is 15.9 Å². The molecule has 0 aliphatic heterocycles. The lowest BCUT2D eigenvalue weighted by Crippen LogP contribution is -2.45. The maximum atomic E-state index is 13.0. The number of sulfonamides is 1. The Hall–Kier alpha value is -2.65. The summed E-state index contributed by atoms with van der Waals surface area (Å²) in [6, 6.07) is 9.77. The molecule has 3 rings (SSSR count). The molecule has 0 saturated carbocycles. The van der Waals surface area contributed by atoms with Crippen LogP contribution in [0.4, 0.5) is 11.4 Å². The maximum Gasteiger partial charge on any atom is 0.308 e. The van der Waals surface area contributed by atoms with Gasteiger partial charge < -0.3 is 5.32 Å². The summed E-state index contributed by atoms with van der Waals surface area (Å²) in [4.78, 5) is 24.9. The second-order valence-corrected chi connectivity index (χ2v) is 10.2. The van der Waals surface area contributed by atoms with Crippen LogP contribution in [0.25, 0.3) is 10.2 Å². The van der Waals surface area contributed by atoms with Crippen molar-refractivity contribution in [2.24, 2.45) is 0 Å². The van der Waals surface area contributed by atoms with Crippen LogP contribution in [0.5, 0.6) is 0 Å². The van der Waals surface area contributed by atoms with Crippen LogP contribution in [0.1, 0.15) is 25.0 Å². The van der Waals surface area contributed by atoms with E-state index in [0.717, 1.165) is 43.2 Å². The van der Waals surface area contributed by atoms with E-state index >= 15 is 0 Å². The van der Waals surface area contributed by atoms with Gasteiger partial charge in [0, 0.05) is 12.2 Å². The molecule has 1 aromatic heterocycles. The Labute approximate surface area is 180 Å². The summed E-state index contributed by atoms with van der Waals surface area (Å²) in [7, 11) is -3.70. The summed E-state index contributed by atoms with van der Waals surface area (Å²) >= 11 is 1.11. The predicted molar refractivity (Wildman–Crippen MR) is 123 cm³/mol. The van der Waals surface area contributed by atoms with Crippen molar-refractivity contribution in [1.29, 1.82) is 0 Å². The first-order valence-corrected chi connectivity index (χ1v) is 12.2. The van der Waals surface area contributed by atoms with Gasteiger partial charge in [-0.2, -0.15) is 0 Å². The van der Waals surface area contributed by atoms with Crippen LogP contribution in [0.2, 0.25) is 0 Å². The first-order chi connectivity index (χ1) is 14.0. The summed E-state index contributed by atoms with van der Waals surface area (Å²) in [5.74, 6) is -0.456. The normalized spacial score (nSPS) is 12.7. The summed E-state index contributed by atoms with van der Waals surface area (Å²) < 4.78 is 28.7. The summed E-state index contributed by atoms with van der Waals surface area (Å²) in [6.45, 7) is 7.71. The Morgan fingerprint density at radius 3 is 2.53 bits per heavy atom. The summed E-state index contributed by atoms with van der Waals surface area (Å²) in [6.07, 6.45) is 1.09. The monoisotopic (exact) mass is 447 g/mol. The fourth-order valence-corrected chi connectivity index (χ4v) is 5.65. The van der Waals surface area contributed by atoms with Crippen molar-refractivity contribution >= 4 is 48.9 Å². The third-order valence-corrected chi connectivity index (χ3v) is 7.11. The molecule has 30 heavy (non-hydrogen) atoms. The van der Waals surface area contributed by atoms with E-state index in [1.54, 1.807) is 35.8 Å². The highest BCUT2D eigenvalue weighted by Crippen LogP contribution is 2.27. The molecule has 1 N–H and O–H groups in total. The summed E-state index contributed by atoms with van der Waals surface area (Å²) in [5.41, 5.74) is 3.47. The third-order valence-electron chi connectivity index (χ3n) is 4.94. The number of amides is 1. The molecule has 1 atom stereocenters. The quantitative estimate of drug-likeness (QED) is 0.626. The Morgan fingerprint density at radius 1 is 1.20 bits per heavy atom. The van der Waals surface area contributed by atoms with Crippen molar-refractivity contribution in [1.82, 2.24) is 4.57 Å². The van der Waals surface area contributed by atoms with Crippen LogP contribution < -0.4 is 14.5 Å². The highest BCUT2D eigenvalue weighted by atomic mass is 32.2. The number of hydrogen-bond acceptors (Lipinski definition) is 5. The topological polar surface area (TPSA) is 88.5 Å². The first-order valence-electron chi connectivity index (χ1n) is 9.54. The second kappa shape index (κ2) is 8.23. The van der Waals surface area contributed by atoms with Crippen molar-refractivity contribution in [3.05, 3.63) is 57.2 Å². The number of aromatic nitrogens is 1. The molecule has 160 valence electrons. The number of anilines is 2. The van der Waals surface area contributed by atoms with E-state index in [2.05, 4.69) is 5.32 Å². The van der Waals surface area contributed by atoms with Crippen LogP contribution in [0.3, 0.4) is 0 Å². The van der Waals surface area contributed by atoms with Crippen LogP contribution in [-0.4, -0.2) is 31.2 Å². The van der Waals surface area contributed by atoms with E-state index in [1.807, 2.05) is 32.9 Å². The van der Waals surface area contributed by atoms with E-state index in [-0.39, 0.29) is 4.87 Å². The number of fused-ring (bicyclic) bond motifs is 1. The molecular formula is C21H25N3O4S2. The predicted octanol–water partition coefficient (Wildman–Crippen LogP) is 3.49. The molecule has 1 amide bonds. The number of hydrogen-bond donors (Lipinski definition) is 1. The molecular weight excluding hydrogens is 422 g/mol.